The molecule has 1 spiro atoms. The number of hydrogen-bond acceptors (Lipinski definition) is 7. The molecule has 3 aliphatic rings. The van der Waals surface area contributed by atoms with Crippen LogP contribution in [0.1, 0.15) is 24.2 Å². The van der Waals surface area contributed by atoms with E-state index in [2.05, 4.69) is 35.1 Å². The molecule has 32 heavy (non-hydrogen) atoms. The zero-order valence-electron chi connectivity index (χ0n) is 18.1. The van der Waals surface area contributed by atoms with Crippen LogP contribution in [-0.2, 0) is 9.53 Å². The summed E-state index contributed by atoms with van der Waals surface area (Å²) in [6, 6.07) is 9.30. The Morgan fingerprint density at radius 2 is 2.16 bits per heavy atom. The highest BCUT2D eigenvalue weighted by Gasteiger charge is 2.61. The van der Waals surface area contributed by atoms with Crippen molar-refractivity contribution in [2.45, 2.75) is 25.5 Å². The average Bonchev–Trinajstić information content (AvgIpc) is 3.24. The third-order valence-corrected chi connectivity index (χ3v) is 7.93. The average molecular weight is 452 g/mol. The normalized spacial score (nSPS) is 22.8. The van der Waals surface area contributed by atoms with Crippen LogP contribution in [0.15, 0.2) is 30.5 Å². The fraction of sp³-hybridized carbons (Fsp3) is 0.478. The lowest BCUT2D eigenvalue weighted by atomic mass is 9.66. The zero-order chi connectivity index (χ0) is 22.5. The number of thioether (sulfide) groups is 1. The molecule has 8 nitrogen and oxygen atoms in total. The summed E-state index contributed by atoms with van der Waals surface area (Å²) in [5.74, 6) is 0.509. The van der Waals surface area contributed by atoms with Gasteiger partial charge in [0, 0.05) is 41.5 Å². The Balaban J connectivity index is 1.31. The fourth-order valence-corrected chi connectivity index (χ4v) is 5.62. The SMILES string of the molecule is CC1(C)COC12CN(c1ccc3nccc(C(=O)NCC(=O)N4CSCC4C#N)c3c1)C2. The van der Waals surface area contributed by atoms with Crippen molar-refractivity contribution in [1.29, 1.82) is 5.26 Å². The standard InChI is InChI=1S/C23H25N5O3S/c1-22(2)13-31-23(22)11-27(12-23)15-3-4-19-18(7-15)17(5-6-25-19)21(30)26-9-20(29)28-14-32-10-16(28)8-24/h3-7,16H,9-14H2,1-2H3,(H,26,30). The van der Waals surface area contributed by atoms with Crippen LogP contribution in [0, 0.1) is 16.7 Å². The Bertz CT molecular complexity index is 1140. The van der Waals surface area contributed by atoms with Gasteiger partial charge in [-0.3, -0.25) is 14.6 Å². The number of amides is 2. The van der Waals surface area contributed by atoms with E-state index in [4.69, 9.17) is 4.74 Å². The maximum Gasteiger partial charge on any atom is 0.252 e. The van der Waals surface area contributed by atoms with Crippen molar-refractivity contribution in [1.82, 2.24) is 15.2 Å². The van der Waals surface area contributed by atoms with Gasteiger partial charge in [-0.1, -0.05) is 13.8 Å². The van der Waals surface area contributed by atoms with Crippen LogP contribution < -0.4 is 10.2 Å². The van der Waals surface area contributed by atoms with Gasteiger partial charge in [-0.2, -0.15) is 5.26 Å². The van der Waals surface area contributed by atoms with Gasteiger partial charge in [0.25, 0.3) is 5.91 Å². The molecule has 0 bridgehead atoms. The van der Waals surface area contributed by atoms with Gasteiger partial charge >= 0.3 is 0 Å². The summed E-state index contributed by atoms with van der Waals surface area (Å²) < 4.78 is 5.91. The Morgan fingerprint density at radius 3 is 2.84 bits per heavy atom. The van der Waals surface area contributed by atoms with E-state index in [1.807, 2.05) is 18.2 Å². The first-order chi connectivity index (χ1) is 15.3. The Kier molecular flexibility index (Phi) is 5.02. The van der Waals surface area contributed by atoms with Crippen molar-refractivity contribution >= 4 is 40.2 Å². The molecule has 1 aromatic carbocycles. The highest BCUT2D eigenvalue weighted by molar-refractivity contribution is 7.99. The van der Waals surface area contributed by atoms with Gasteiger partial charge in [-0.05, 0) is 24.3 Å². The summed E-state index contributed by atoms with van der Waals surface area (Å²) in [6.07, 6.45) is 1.60. The van der Waals surface area contributed by atoms with E-state index in [9.17, 15) is 14.9 Å². The number of pyridine rings is 1. The molecule has 1 unspecified atom stereocenters. The summed E-state index contributed by atoms with van der Waals surface area (Å²) in [4.78, 5) is 33.5. The molecule has 0 aliphatic carbocycles. The van der Waals surface area contributed by atoms with E-state index in [1.54, 1.807) is 24.0 Å². The minimum Gasteiger partial charge on any atom is -0.370 e. The number of nitrogens with one attached hydrogen (secondary N) is 1. The number of hydrogen-bond donors (Lipinski definition) is 1. The van der Waals surface area contributed by atoms with Crippen LogP contribution in [-0.4, -0.2) is 71.2 Å². The van der Waals surface area contributed by atoms with Crippen LogP contribution in [0.4, 0.5) is 5.69 Å². The molecular weight excluding hydrogens is 426 g/mol. The van der Waals surface area contributed by atoms with E-state index in [-0.39, 0.29) is 29.4 Å². The number of nitrogens with zero attached hydrogens (tertiary/aromatic N) is 4. The van der Waals surface area contributed by atoms with Crippen LogP contribution in [0.2, 0.25) is 0 Å². The monoisotopic (exact) mass is 451 g/mol. The molecule has 2 aromatic rings. The first-order valence-electron chi connectivity index (χ1n) is 10.7. The zero-order valence-corrected chi connectivity index (χ0v) is 18.9. The molecule has 2 amide bonds. The van der Waals surface area contributed by atoms with E-state index >= 15 is 0 Å². The maximum absolute atomic E-state index is 12.9. The smallest absolute Gasteiger partial charge is 0.252 e. The number of benzene rings is 1. The molecule has 3 fully saturated rings. The van der Waals surface area contributed by atoms with Crippen molar-refractivity contribution in [3.8, 4) is 6.07 Å². The summed E-state index contributed by atoms with van der Waals surface area (Å²) in [6.45, 7) is 6.79. The Labute approximate surface area is 190 Å². The molecule has 1 N–H and O–H groups in total. The first-order valence-corrected chi connectivity index (χ1v) is 11.8. The number of aromatic nitrogens is 1. The summed E-state index contributed by atoms with van der Waals surface area (Å²) in [5.41, 5.74) is 2.33. The van der Waals surface area contributed by atoms with Gasteiger partial charge in [0.2, 0.25) is 5.91 Å². The molecule has 9 heteroatoms. The number of anilines is 1. The number of ether oxygens (including phenoxy) is 1. The number of carbonyl (C=O) groups excluding carboxylic acids is 2. The Hall–Kier alpha value is -2.83. The van der Waals surface area contributed by atoms with Gasteiger partial charge in [-0.25, -0.2) is 0 Å². The van der Waals surface area contributed by atoms with Crippen LogP contribution in [0.3, 0.4) is 0 Å². The van der Waals surface area contributed by atoms with Crippen molar-refractivity contribution < 1.29 is 14.3 Å². The molecule has 1 aromatic heterocycles. The van der Waals surface area contributed by atoms with Gasteiger partial charge in [0.1, 0.15) is 11.6 Å². The second-order valence-corrected chi connectivity index (χ2v) is 10.3. The first kappa shape index (κ1) is 21.0. The lowest BCUT2D eigenvalue weighted by molar-refractivity contribution is -0.262. The third kappa shape index (κ3) is 3.29. The highest BCUT2D eigenvalue weighted by Crippen LogP contribution is 2.51. The van der Waals surface area contributed by atoms with Crippen LogP contribution in [0.25, 0.3) is 10.9 Å². The summed E-state index contributed by atoms with van der Waals surface area (Å²) >= 11 is 1.54. The lowest BCUT2D eigenvalue weighted by Gasteiger charge is -2.65. The third-order valence-electron chi connectivity index (χ3n) is 6.92. The van der Waals surface area contributed by atoms with Crippen molar-refractivity contribution in [3.63, 3.8) is 0 Å². The predicted molar refractivity (Wildman–Crippen MR) is 122 cm³/mol. The van der Waals surface area contributed by atoms with Crippen LogP contribution >= 0.6 is 11.8 Å². The minimum atomic E-state index is -0.432. The molecular formula is C23H25N5O3S. The molecule has 166 valence electrons. The van der Waals surface area contributed by atoms with Gasteiger partial charge in [0.05, 0.1) is 36.2 Å². The van der Waals surface area contributed by atoms with Gasteiger partial charge in [-0.15, -0.1) is 11.8 Å². The lowest BCUT2D eigenvalue weighted by Crippen LogP contribution is -2.77. The van der Waals surface area contributed by atoms with Crippen molar-refractivity contribution in [2.75, 3.05) is 42.8 Å². The van der Waals surface area contributed by atoms with Crippen molar-refractivity contribution in [3.05, 3.63) is 36.0 Å². The fourth-order valence-electron chi connectivity index (χ4n) is 4.51. The topological polar surface area (TPSA) is 98.6 Å². The number of rotatable bonds is 4. The van der Waals surface area contributed by atoms with Crippen molar-refractivity contribution in [2.24, 2.45) is 5.41 Å². The number of fused-ring (bicyclic) bond motifs is 1. The largest absolute Gasteiger partial charge is 0.370 e. The van der Waals surface area contributed by atoms with Gasteiger partial charge < -0.3 is 19.9 Å². The number of carbonyl (C=O) groups is 2. The molecule has 3 saturated heterocycles. The van der Waals surface area contributed by atoms with Crippen LogP contribution in [0.5, 0.6) is 0 Å². The second-order valence-electron chi connectivity index (χ2n) is 9.27. The summed E-state index contributed by atoms with van der Waals surface area (Å²) in [5, 5.41) is 12.6. The minimum absolute atomic E-state index is 0.0768. The quantitative estimate of drug-likeness (QED) is 0.759. The van der Waals surface area contributed by atoms with E-state index < -0.39 is 6.04 Å². The second kappa shape index (κ2) is 7.64. The van der Waals surface area contributed by atoms with E-state index in [0.29, 0.717) is 17.2 Å². The van der Waals surface area contributed by atoms with E-state index in [1.165, 1.54) is 4.90 Å². The molecule has 0 saturated carbocycles. The maximum atomic E-state index is 12.9. The molecule has 5 rings (SSSR count). The predicted octanol–water partition coefficient (Wildman–Crippen LogP) is 2.00. The molecule has 1 atom stereocenters. The molecule has 3 aliphatic heterocycles. The van der Waals surface area contributed by atoms with E-state index in [0.717, 1.165) is 36.3 Å². The summed E-state index contributed by atoms with van der Waals surface area (Å²) in [7, 11) is 0. The Morgan fingerprint density at radius 1 is 1.34 bits per heavy atom. The molecule has 0 radical (unpaired) electrons. The highest BCUT2D eigenvalue weighted by atomic mass is 32.2. The number of nitriles is 1. The van der Waals surface area contributed by atoms with Gasteiger partial charge in [0.15, 0.2) is 0 Å². The molecule has 4 heterocycles.